The average Bonchev–Trinajstić information content (AvgIpc) is 2.85. The van der Waals surface area contributed by atoms with Crippen LogP contribution in [0.2, 0.25) is 0 Å². The van der Waals surface area contributed by atoms with Gasteiger partial charge in [-0.1, -0.05) is 13.8 Å². The summed E-state index contributed by atoms with van der Waals surface area (Å²) in [4.78, 5) is 29.8. The van der Waals surface area contributed by atoms with Gasteiger partial charge in [-0.3, -0.25) is 9.59 Å². The van der Waals surface area contributed by atoms with Gasteiger partial charge < -0.3 is 14.8 Å². The van der Waals surface area contributed by atoms with E-state index in [1.54, 1.807) is 17.1 Å². The molecule has 1 aromatic heterocycles. The standard InChI is InChI=1S/C14H22N4O2/c1-10(2)14(20)18-6-4-11(5-7-18)16-13(19)12-8-17(3)9-15-12/h8-11H,4-7H2,1-3H3,(H,16,19). The number of aromatic nitrogens is 2. The van der Waals surface area contributed by atoms with Gasteiger partial charge in [0.15, 0.2) is 0 Å². The monoisotopic (exact) mass is 278 g/mol. The molecule has 6 heteroatoms. The van der Waals surface area contributed by atoms with Crippen molar-refractivity contribution in [3.8, 4) is 0 Å². The lowest BCUT2D eigenvalue weighted by Crippen LogP contribution is -2.47. The number of amides is 2. The highest BCUT2D eigenvalue weighted by Crippen LogP contribution is 2.13. The molecule has 0 atom stereocenters. The highest BCUT2D eigenvalue weighted by molar-refractivity contribution is 5.92. The van der Waals surface area contributed by atoms with E-state index in [0.717, 1.165) is 12.8 Å². The number of aryl methyl sites for hydroxylation is 1. The van der Waals surface area contributed by atoms with Crippen molar-refractivity contribution in [3.63, 3.8) is 0 Å². The van der Waals surface area contributed by atoms with Crippen LogP contribution < -0.4 is 5.32 Å². The predicted molar refractivity (Wildman–Crippen MR) is 75.1 cm³/mol. The second kappa shape index (κ2) is 6.07. The molecule has 1 aliphatic rings. The minimum absolute atomic E-state index is 0.0367. The van der Waals surface area contributed by atoms with E-state index in [0.29, 0.717) is 18.8 Å². The van der Waals surface area contributed by atoms with E-state index < -0.39 is 0 Å². The third-order valence-electron chi connectivity index (χ3n) is 3.57. The molecule has 0 aliphatic carbocycles. The van der Waals surface area contributed by atoms with Crippen LogP contribution in [0.5, 0.6) is 0 Å². The molecule has 0 spiro atoms. The maximum Gasteiger partial charge on any atom is 0.271 e. The lowest BCUT2D eigenvalue weighted by molar-refractivity contribution is -0.135. The van der Waals surface area contributed by atoms with E-state index in [4.69, 9.17) is 0 Å². The normalized spacial score (nSPS) is 16.5. The Hall–Kier alpha value is -1.85. The quantitative estimate of drug-likeness (QED) is 0.889. The van der Waals surface area contributed by atoms with Crippen LogP contribution in [0.25, 0.3) is 0 Å². The average molecular weight is 278 g/mol. The molecule has 110 valence electrons. The fourth-order valence-electron chi connectivity index (χ4n) is 2.40. The van der Waals surface area contributed by atoms with E-state index in [1.165, 1.54) is 0 Å². The van der Waals surface area contributed by atoms with Gasteiger partial charge in [-0.2, -0.15) is 0 Å². The van der Waals surface area contributed by atoms with Gasteiger partial charge in [0.1, 0.15) is 5.69 Å². The van der Waals surface area contributed by atoms with Gasteiger partial charge in [-0.15, -0.1) is 0 Å². The van der Waals surface area contributed by atoms with Crippen LogP contribution in [0.1, 0.15) is 37.2 Å². The van der Waals surface area contributed by atoms with E-state index in [2.05, 4.69) is 10.3 Å². The number of rotatable bonds is 3. The van der Waals surface area contributed by atoms with Crippen LogP contribution in [-0.2, 0) is 11.8 Å². The van der Waals surface area contributed by atoms with E-state index >= 15 is 0 Å². The second-order valence-electron chi connectivity index (χ2n) is 5.65. The Morgan fingerprint density at radius 2 is 2.00 bits per heavy atom. The third-order valence-corrected chi connectivity index (χ3v) is 3.57. The van der Waals surface area contributed by atoms with Gasteiger partial charge in [0.2, 0.25) is 5.91 Å². The molecule has 2 amide bonds. The summed E-state index contributed by atoms with van der Waals surface area (Å²) in [5, 5.41) is 2.98. The number of likely N-dealkylation sites (tertiary alicyclic amines) is 1. The Bertz CT molecular complexity index is 487. The lowest BCUT2D eigenvalue weighted by Gasteiger charge is -2.33. The summed E-state index contributed by atoms with van der Waals surface area (Å²) in [5.74, 6) is 0.0911. The minimum Gasteiger partial charge on any atom is -0.348 e. The van der Waals surface area contributed by atoms with Crippen LogP contribution in [0.3, 0.4) is 0 Å². The molecular weight excluding hydrogens is 256 g/mol. The van der Waals surface area contributed by atoms with Crippen molar-refractivity contribution < 1.29 is 9.59 Å². The summed E-state index contributed by atoms with van der Waals surface area (Å²) in [6.07, 6.45) is 4.92. The molecule has 0 saturated carbocycles. The maximum absolute atomic E-state index is 12.0. The van der Waals surface area contributed by atoms with Gasteiger partial charge in [0.25, 0.3) is 5.91 Å². The zero-order valence-electron chi connectivity index (χ0n) is 12.3. The number of piperidine rings is 1. The first-order chi connectivity index (χ1) is 9.47. The first kappa shape index (κ1) is 14.6. The number of nitrogens with one attached hydrogen (secondary N) is 1. The molecule has 1 N–H and O–H groups in total. The third kappa shape index (κ3) is 3.37. The molecule has 1 fully saturated rings. The van der Waals surface area contributed by atoms with E-state index in [1.807, 2.05) is 25.8 Å². The van der Waals surface area contributed by atoms with Gasteiger partial charge in [-0.25, -0.2) is 4.98 Å². The summed E-state index contributed by atoms with van der Waals surface area (Å²) in [5.41, 5.74) is 0.438. The van der Waals surface area contributed by atoms with Crippen molar-refractivity contribution in [3.05, 3.63) is 18.2 Å². The number of hydrogen-bond acceptors (Lipinski definition) is 3. The molecule has 6 nitrogen and oxygen atoms in total. The van der Waals surface area contributed by atoms with Crippen LogP contribution >= 0.6 is 0 Å². The largest absolute Gasteiger partial charge is 0.348 e. The molecular formula is C14H22N4O2. The van der Waals surface area contributed by atoms with Gasteiger partial charge in [0.05, 0.1) is 6.33 Å². The fraction of sp³-hybridized carbons (Fsp3) is 0.643. The zero-order chi connectivity index (χ0) is 14.7. The Balaban J connectivity index is 1.83. The molecule has 2 rings (SSSR count). The van der Waals surface area contributed by atoms with Crippen LogP contribution in [0, 0.1) is 5.92 Å². The number of imidazole rings is 1. The first-order valence-corrected chi connectivity index (χ1v) is 7.05. The summed E-state index contributed by atoms with van der Waals surface area (Å²) in [6, 6.07) is 0.126. The highest BCUT2D eigenvalue weighted by Gasteiger charge is 2.25. The summed E-state index contributed by atoms with van der Waals surface area (Å²) in [7, 11) is 1.83. The van der Waals surface area contributed by atoms with Crippen molar-refractivity contribution in [1.82, 2.24) is 19.8 Å². The summed E-state index contributed by atoms with van der Waals surface area (Å²) < 4.78 is 1.75. The number of carbonyl (C=O) groups is 2. The van der Waals surface area contributed by atoms with Crippen LogP contribution in [0.4, 0.5) is 0 Å². The molecule has 0 aromatic carbocycles. The Kier molecular flexibility index (Phi) is 4.42. The van der Waals surface area contributed by atoms with Crippen LogP contribution in [0.15, 0.2) is 12.5 Å². The minimum atomic E-state index is -0.140. The molecule has 1 aliphatic heterocycles. The summed E-state index contributed by atoms with van der Waals surface area (Å²) in [6.45, 7) is 5.25. The van der Waals surface area contributed by atoms with Crippen molar-refractivity contribution in [2.24, 2.45) is 13.0 Å². The van der Waals surface area contributed by atoms with Gasteiger partial charge in [0, 0.05) is 38.3 Å². The molecule has 1 aromatic rings. The predicted octanol–water partition coefficient (Wildman–Crippen LogP) is 0.797. The van der Waals surface area contributed by atoms with Gasteiger partial charge >= 0.3 is 0 Å². The maximum atomic E-state index is 12.0. The fourth-order valence-corrected chi connectivity index (χ4v) is 2.40. The number of hydrogen-bond donors (Lipinski definition) is 1. The molecule has 2 heterocycles. The second-order valence-corrected chi connectivity index (χ2v) is 5.65. The van der Waals surface area contributed by atoms with E-state index in [9.17, 15) is 9.59 Å². The molecule has 1 saturated heterocycles. The SMILES string of the molecule is CC(C)C(=O)N1CCC(NC(=O)c2cn(C)cn2)CC1. The van der Waals surface area contributed by atoms with Crippen molar-refractivity contribution in [2.75, 3.05) is 13.1 Å². The van der Waals surface area contributed by atoms with E-state index in [-0.39, 0.29) is 23.8 Å². The molecule has 20 heavy (non-hydrogen) atoms. The van der Waals surface area contributed by atoms with Crippen molar-refractivity contribution >= 4 is 11.8 Å². The molecule has 0 radical (unpaired) electrons. The Morgan fingerprint density at radius 1 is 1.35 bits per heavy atom. The lowest BCUT2D eigenvalue weighted by atomic mass is 10.0. The Morgan fingerprint density at radius 3 is 2.50 bits per heavy atom. The number of nitrogens with zero attached hydrogens (tertiary/aromatic N) is 3. The molecule has 0 bridgehead atoms. The van der Waals surface area contributed by atoms with Crippen molar-refractivity contribution in [1.29, 1.82) is 0 Å². The first-order valence-electron chi connectivity index (χ1n) is 7.05. The van der Waals surface area contributed by atoms with Crippen molar-refractivity contribution in [2.45, 2.75) is 32.7 Å². The van der Waals surface area contributed by atoms with Crippen LogP contribution in [-0.4, -0.2) is 45.4 Å². The zero-order valence-corrected chi connectivity index (χ0v) is 12.3. The highest BCUT2D eigenvalue weighted by atomic mass is 16.2. The van der Waals surface area contributed by atoms with Gasteiger partial charge in [-0.05, 0) is 12.8 Å². The Labute approximate surface area is 119 Å². The topological polar surface area (TPSA) is 67.2 Å². The number of carbonyl (C=O) groups excluding carboxylic acids is 2. The summed E-state index contributed by atoms with van der Waals surface area (Å²) >= 11 is 0. The smallest absolute Gasteiger partial charge is 0.271 e. The molecule has 0 unspecified atom stereocenters.